The lowest BCUT2D eigenvalue weighted by Crippen LogP contribution is -2.52. The Balaban J connectivity index is 1.81. The molecule has 2 aliphatic heterocycles. The van der Waals surface area contributed by atoms with Gasteiger partial charge < -0.3 is 15.0 Å². The molecule has 0 bridgehead atoms. The van der Waals surface area contributed by atoms with Gasteiger partial charge in [0.15, 0.2) is 0 Å². The predicted octanol–water partition coefficient (Wildman–Crippen LogP) is 1.93. The first kappa shape index (κ1) is 16.6. The summed E-state index contributed by atoms with van der Waals surface area (Å²) in [5, 5.41) is 3.16. The number of ether oxygens (including phenoxy) is 1. The monoisotopic (exact) mass is 297 g/mol. The van der Waals surface area contributed by atoms with Crippen LogP contribution in [0.4, 0.5) is 4.79 Å². The number of nitrogens with one attached hydrogen (secondary N) is 1. The van der Waals surface area contributed by atoms with Crippen molar-refractivity contribution in [3.63, 3.8) is 0 Å². The van der Waals surface area contributed by atoms with Crippen molar-refractivity contribution in [3.05, 3.63) is 0 Å². The van der Waals surface area contributed by atoms with Crippen molar-refractivity contribution in [1.29, 1.82) is 0 Å². The first-order valence-corrected chi connectivity index (χ1v) is 8.53. The second-order valence-corrected chi connectivity index (χ2v) is 6.55. The van der Waals surface area contributed by atoms with Gasteiger partial charge in [-0.1, -0.05) is 26.7 Å². The molecule has 2 fully saturated rings. The highest BCUT2D eigenvalue weighted by molar-refractivity contribution is 5.74. The lowest BCUT2D eigenvalue weighted by Gasteiger charge is -2.37. The van der Waals surface area contributed by atoms with Crippen LogP contribution in [0.1, 0.15) is 39.5 Å². The van der Waals surface area contributed by atoms with Crippen molar-refractivity contribution in [1.82, 2.24) is 15.1 Å². The summed E-state index contributed by atoms with van der Waals surface area (Å²) in [5.41, 5.74) is 0. The molecule has 2 aliphatic rings. The number of nitrogens with zero attached hydrogens (tertiary/aromatic N) is 2. The first-order chi connectivity index (χ1) is 10.2. The van der Waals surface area contributed by atoms with E-state index in [1.54, 1.807) is 0 Å². The summed E-state index contributed by atoms with van der Waals surface area (Å²) < 4.78 is 5.43. The molecule has 0 spiro atoms. The van der Waals surface area contributed by atoms with E-state index in [9.17, 15) is 4.79 Å². The van der Waals surface area contributed by atoms with E-state index in [0.717, 1.165) is 58.8 Å². The van der Waals surface area contributed by atoms with Crippen LogP contribution in [0, 0.1) is 5.92 Å². The summed E-state index contributed by atoms with van der Waals surface area (Å²) in [4.78, 5) is 16.8. The van der Waals surface area contributed by atoms with Gasteiger partial charge in [0.1, 0.15) is 0 Å². The van der Waals surface area contributed by atoms with Crippen LogP contribution in [0.15, 0.2) is 0 Å². The van der Waals surface area contributed by atoms with Gasteiger partial charge in [0.05, 0.1) is 13.2 Å². The standard InChI is InChI=1S/C16H31N3O2/c1-14(2)15(18-9-11-21-12-10-18)13-17-16(20)19-7-5-3-4-6-8-19/h14-15H,3-13H2,1-2H3,(H,17,20). The lowest BCUT2D eigenvalue weighted by molar-refractivity contribution is 0.00695. The second-order valence-electron chi connectivity index (χ2n) is 6.55. The van der Waals surface area contributed by atoms with Gasteiger partial charge in [0.2, 0.25) is 0 Å². The third-order valence-electron chi connectivity index (χ3n) is 4.64. The zero-order valence-corrected chi connectivity index (χ0v) is 13.6. The summed E-state index contributed by atoms with van der Waals surface area (Å²) in [6.07, 6.45) is 4.80. The SMILES string of the molecule is CC(C)C(CNC(=O)N1CCCCCC1)N1CCOCC1. The fourth-order valence-corrected chi connectivity index (χ4v) is 3.27. The van der Waals surface area contributed by atoms with E-state index < -0.39 is 0 Å². The fourth-order valence-electron chi connectivity index (χ4n) is 3.27. The minimum Gasteiger partial charge on any atom is -0.379 e. The van der Waals surface area contributed by atoms with E-state index >= 15 is 0 Å². The highest BCUT2D eigenvalue weighted by atomic mass is 16.5. The van der Waals surface area contributed by atoms with Crippen LogP contribution in [0.25, 0.3) is 0 Å². The number of carbonyl (C=O) groups is 1. The zero-order chi connectivity index (χ0) is 15.1. The van der Waals surface area contributed by atoms with Gasteiger partial charge in [-0.05, 0) is 18.8 Å². The van der Waals surface area contributed by atoms with Crippen molar-refractivity contribution in [2.24, 2.45) is 5.92 Å². The summed E-state index contributed by atoms with van der Waals surface area (Å²) in [7, 11) is 0. The van der Waals surface area contributed by atoms with Gasteiger partial charge in [0.25, 0.3) is 0 Å². The molecule has 0 aliphatic carbocycles. The second kappa shape index (κ2) is 8.59. The van der Waals surface area contributed by atoms with Crippen LogP contribution in [0.2, 0.25) is 0 Å². The van der Waals surface area contributed by atoms with Crippen LogP contribution in [-0.4, -0.2) is 67.8 Å². The molecule has 2 saturated heterocycles. The van der Waals surface area contributed by atoms with Crippen LogP contribution >= 0.6 is 0 Å². The molecule has 21 heavy (non-hydrogen) atoms. The van der Waals surface area contributed by atoms with E-state index in [0.29, 0.717) is 12.0 Å². The Kier molecular flexibility index (Phi) is 6.77. The largest absolute Gasteiger partial charge is 0.379 e. The van der Waals surface area contributed by atoms with Gasteiger partial charge >= 0.3 is 6.03 Å². The minimum absolute atomic E-state index is 0.121. The Morgan fingerprint density at radius 2 is 1.67 bits per heavy atom. The fraction of sp³-hybridized carbons (Fsp3) is 0.938. The molecule has 5 nitrogen and oxygen atoms in total. The molecule has 122 valence electrons. The molecule has 0 aromatic carbocycles. The first-order valence-electron chi connectivity index (χ1n) is 8.53. The molecule has 1 atom stereocenters. The van der Waals surface area contributed by atoms with Gasteiger partial charge in [-0.25, -0.2) is 4.79 Å². The smallest absolute Gasteiger partial charge is 0.317 e. The van der Waals surface area contributed by atoms with Crippen molar-refractivity contribution < 1.29 is 9.53 Å². The maximum absolute atomic E-state index is 12.3. The van der Waals surface area contributed by atoms with Crippen LogP contribution in [0.5, 0.6) is 0 Å². The molecule has 0 radical (unpaired) electrons. The highest BCUT2D eigenvalue weighted by Crippen LogP contribution is 2.13. The average molecular weight is 297 g/mol. The maximum atomic E-state index is 12.3. The Morgan fingerprint density at radius 3 is 2.24 bits per heavy atom. The molecule has 2 amide bonds. The number of hydrogen-bond acceptors (Lipinski definition) is 3. The van der Waals surface area contributed by atoms with Gasteiger partial charge in [-0.3, -0.25) is 4.90 Å². The highest BCUT2D eigenvalue weighted by Gasteiger charge is 2.25. The van der Waals surface area contributed by atoms with Crippen LogP contribution in [-0.2, 0) is 4.74 Å². The lowest BCUT2D eigenvalue weighted by atomic mass is 10.0. The number of morpholine rings is 1. The maximum Gasteiger partial charge on any atom is 0.317 e. The van der Waals surface area contributed by atoms with E-state index in [4.69, 9.17) is 4.74 Å². The number of amides is 2. The summed E-state index contributed by atoms with van der Waals surface area (Å²) in [5.74, 6) is 0.535. The average Bonchev–Trinajstić information content (AvgIpc) is 2.77. The van der Waals surface area contributed by atoms with Crippen LogP contribution in [0.3, 0.4) is 0 Å². The summed E-state index contributed by atoms with van der Waals surface area (Å²) in [6, 6.07) is 0.528. The Morgan fingerprint density at radius 1 is 1.05 bits per heavy atom. The molecule has 2 heterocycles. The molecule has 0 saturated carbocycles. The Labute approximate surface area is 129 Å². The summed E-state index contributed by atoms with van der Waals surface area (Å²) >= 11 is 0. The van der Waals surface area contributed by atoms with E-state index in [1.807, 2.05) is 4.90 Å². The predicted molar refractivity (Wildman–Crippen MR) is 84.5 cm³/mol. The van der Waals surface area contributed by atoms with E-state index in [2.05, 4.69) is 24.1 Å². The van der Waals surface area contributed by atoms with Gasteiger partial charge in [-0.15, -0.1) is 0 Å². The molecular weight excluding hydrogens is 266 g/mol. The molecular formula is C16H31N3O2. The third kappa shape index (κ3) is 5.15. The van der Waals surface area contributed by atoms with Crippen molar-refractivity contribution in [3.8, 4) is 0 Å². The van der Waals surface area contributed by atoms with Gasteiger partial charge in [0, 0.05) is 38.8 Å². The normalized spacial score (nSPS) is 22.9. The Bertz CT molecular complexity index is 309. The number of rotatable bonds is 4. The molecule has 0 aromatic heterocycles. The third-order valence-corrected chi connectivity index (χ3v) is 4.64. The molecule has 2 rings (SSSR count). The van der Waals surface area contributed by atoms with Gasteiger partial charge in [-0.2, -0.15) is 0 Å². The Hall–Kier alpha value is -0.810. The van der Waals surface area contributed by atoms with Crippen LogP contribution < -0.4 is 5.32 Å². The number of urea groups is 1. The minimum atomic E-state index is 0.121. The van der Waals surface area contributed by atoms with Crippen molar-refractivity contribution in [2.45, 2.75) is 45.6 Å². The molecule has 1 N–H and O–H groups in total. The topological polar surface area (TPSA) is 44.8 Å². The zero-order valence-electron chi connectivity index (χ0n) is 13.6. The molecule has 0 aromatic rings. The number of carbonyl (C=O) groups excluding carboxylic acids is 1. The summed E-state index contributed by atoms with van der Waals surface area (Å²) in [6.45, 7) is 10.6. The number of hydrogen-bond donors (Lipinski definition) is 1. The molecule has 5 heteroatoms. The van der Waals surface area contributed by atoms with E-state index in [-0.39, 0.29) is 6.03 Å². The van der Waals surface area contributed by atoms with E-state index in [1.165, 1.54) is 12.8 Å². The molecule has 1 unspecified atom stereocenters. The van der Waals surface area contributed by atoms with Crippen molar-refractivity contribution in [2.75, 3.05) is 45.9 Å². The van der Waals surface area contributed by atoms with Crippen molar-refractivity contribution >= 4 is 6.03 Å². The number of likely N-dealkylation sites (tertiary alicyclic amines) is 1. The quantitative estimate of drug-likeness (QED) is 0.862.